The summed E-state index contributed by atoms with van der Waals surface area (Å²) in [6.45, 7) is 0. The molecule has 4 nitrogen and oxygen atoms in total. The van der Waals surface area contributed by atoms with E-state index in [4.69, 9.17) is 11.5 Å². The SMILES string of the molecule is Nc1c(N)c2ccc3cccc4ccc(c1C(=O)O)c2c34. The standard InChI is InChI=1S/C17H12N2O2/c18-15-11-7-5-9-3-1-2-8-4-6-10(13(11)12(8)9)14(16(15)19)17(20)21/h1-7H,18-19H2,(H,20,21). The molecule has 4 aromatic carbocycles. The van der Waals surface area contributed by atoms with Crippen LogP contribution in [0.2, 0.25) is 0 Å². The highest BCUT2D eigenvalue weighted by Gasteiger charge is 2.20. The molecule has 0 radical (unpaired) electrons. The van der Waals surface area contributed by atoms with Gasteiger partial charge in [-0.1, -0.05) is 42.5 Å². The quantitative estimate of drug-likeness (QED) is 0.367. The van der Waals surface area contributed by atoms with Gasteiger partial charge in [0, 0.05) is 10.8 Å². The van der Waals surface area contributed by atoms with Crippen molar-refractivity contribution in [1.29, 1.82) is 0 Å². The van der Waals surface area contributed by atoms with Gasteiger partial charge in [-0.25, -0.2) is 4.79 Å². The minimum atomic E-state index is -1.06. The number of carboxylic acids is 1. The average Bonchev–Trinajstić information content (AvgIpc) is 2.48. The average molecular weight is 276 g/mol. The summed E-state index contributed by atoms with van der Waals surface area (Å²) in [6, 6.07) is 13.6. The molecule has 0 bridgehead atoms. The molecule has 0 aliphatic carbocycles. The van der Waals surface area contributed by atoms with Gasteiger partial charge in [-0.15, -0.1) is 0 Å². The van der Waals surface area contributed by atoms with Gasteiger partial charge in [-0.05, 0) is 21.5 Å². The molecule has 0 aromatic heterocycles. The topological polar surface area (TPSA) is 89.3 Å². The third kappa shape index (κ3) is 1.36. The van der Waals surface area contributed by atoms with Crippen LogP contribution in [0.4, 0.5) is 11.4 Å². The van der Waals surface area contributed by atoms with E-state index in [1.807, 2.05) is 42.5 Å². The summed E-state index contributed by atoms with van der Waals surface area (Å²) < 4.78 is 0. The van der Waals surface area contributed by atoms with Crippen molar-refractivity contribution in [3.05, 3.63) is 48.0 Å². The van der Waals surface area contributed by atoms with Crippen LogP contribution in [-0.2, 0) is 0 Å². The molecule has 0 amide bonds. The highest BCUT2D eigenvalue weighted by molar-refractivity contribution is 6.30. The lowest BCUT2D eigenvalue weighted by molar-refractivity contribution is 0.0700. The van der Waals surface area contributed by atoms with Crippen molar-refractivity contribution in [3.63, 3.8) is 0 Å². The van der Waals surface area contributed by atoms with Gasteiger partial charge < -0.3 is 16.6 Å². The number of rotatable bonds is 1. The maximum Gasteiger partial charge on any atom is 0.338 e. The number of nitrogen functional groups attached to an aromatic ring is 2. The molecular formula is C17H12N2O2. The van der Waals surface area contributed by atoms with Gasteiger partial charge in [-0.3, -0.25) is 0 Å². The fourth-order valence-corrected chi connectivity index (χ4v) is 3.17. The lowest BCUT2D eigenvalue weighted by Gasteiger charge is -2.16. The number of nitrogens with two attached hydrogens (primary N) is 2. The zero-order valence-corrected chi connectivity index (χ0v) is 11.1. The van der Waals surface area contributed by atoms with Gasteiger partial charge in [0.05, 0.1) is 16.9 Å². The summed E-state index contributed by atoms with van der Waals surface area (Å²) in [7, 11) is 0. The first kappa shape index (κ1) is 11.8. The number of hydrogen-bond donors (Lipinski definition) is 3. The molecule has 102 valence electrons. The van der Waals surface area contributed by atoms with E-state index in [0.717, 1.165) is 26.9 Å². The molecule has 0 aliphatic heterocycles. The third-order valence-corrected chi connectivity index (χ3v) is 4.11. The van der Waals surface area contributed by atoms with Crippen LogP contribution in [0.3, 0.4) is 0 Å². The second-order valence-corrected chi connectivity index (χ2v) is 5.19. The molecule has 5 N–H and O–H groups in total. The van der Waals surface area contributed by atoms with Crippen molar-refractivity contribution in [2.45, 2.75) is 0 Å². The Kier molecular flexibility index (Phi) is 2.11. The van der Waals surface area contributed by atoms with E-state index in [1.165, 1.54) is 0 Å². The number of anilines is 2. The predicted molar refractivity (Wildman–Crippen MR) is 85.9 cm³/mol. The Morgan fingerprint density at radius 3 is 2.05 bits per heavy atom. The molecule has 0 heterocycles. The van der Waals surface area contributed by atoms with Gasteiger partial charge in [0.25, 0.3) is 0 Å². The maximum absolute atomic E-state index is 11.6. The molecule has 4 aromatic rings. The molecule has 21 heavy (non-hydrogen) atoms. The molecule has 0 aliphatic rings. The van der Waals surface area contributed by atoms with Crippen LogP contribution in [0.1, 0.15) is 10.4 Å². The van der Waals surface area contributed by atoms with Crippen LogP contribution in [0, 0.1) is 0 Å². The largest absolute Gasteiger partial charge is 0.478 e. The number of benzene rings is 4. The first-order valence-corrected chi connectivity index (χ1v) is 6.57. The number of aromatic carboxylic acids is 1. The molecule has 4 rings (SSSR count). The monoisotopic (exact) mass is 276 g/mol. The zero-order chi connectivity index (χ0) is 14.7. The maximum atomic E-state index is 11.6. The summed E-state index contributed by atoms with van der Waals surface area (Å²) in [5.74, 6) is -1.06. The number of carbonyl (C=O) groups is 1. The summed E-state index contributed by atoms with van der Waals surface area (Å²) in [5, 5.41) is 14.9. The summed E-state index contributed by atoms with van der Waals surface area (Å²) >= 11 is 0. The molecule has 0 fully saturated rings. The minimum absolute atomic E-state index is 0.0817. The van der Waals surface area contributed by atoms with Gasteiger partial charge in [-0.2, -0.15) is 0 Å². The predicted octanol–water partition coefficient (Wildman–Crippen LogP) is 3.45. The molecule has 0 saturated heterocycles. The van der Waals surface area contributed by atoms with Gasteiger partial charge in [0.15, 0.2) is 0 Å². The molecular weight excluding hydrogens is 264 g/mol. The van der Waals surface area contributed by atoms with Crippen molar-refractivity contribution in [2.24, 2.45) is 0 Å². The number of carboxylic acid groups (broad SMARTS) is 1. The highest BCUT2D eigenvalue weighted by atomic mass is 16.4. The Labute approximate surface area is 119 Å². The van der Waals surface area contributed by atoms with Crippen molar-refractivity contribution in [1.82, 2.24) is 0 Å². The van der Waals surface area contributed by atoms with Crippen LogP contribution in [0.5, 0.6) is 0 Å². The fraction of sp³-hybridized carbons (Fsp3) is 0. The molecule has 0 unspecified atom stereocenters. The van der Waals surface area contributed by atoms with Crippen LogP contribution in [0.25, 0.3) is 32.3 Å². The Morgan fingerprint density at radius 1 is 0.810 bits per heavy atom. The smallest absolute Gasteiger partial charge is 0.338 e. The Bertz CT molecular complexity index is 1020. The second kappa shape index (κ2) is 3.76. The zero-order valence-electron chi connectivity index (χ0n) is 11.1. The van der Waals surface area contributed by atoms with Crippen molar-refractivity contribution < 1.29 is 9.90 Å². The minimum Gasteiger partial charge on any atom is -0.478 e. The van der Waals surface area contributed by atoms with E-state index in [-0.39, 0.29) is 11.3 Å². The van der Waals surface area contributed by atoms with Gasteiger partial charge in [0.2, 0.25) is 0 Å². The second-order valence-electron chi connectivity index (χ2n) is 5.19. The third-order valence-electron chi connectivity index (χ3n) is 4.11. The number of hydrogen-bond acceptors (Lipinski definition) is 3. The van der Waals surface area contributed by atoms with E-state index in [2.05, 4.69) is 0 Å². The van der Waals surface area contributed by atoms with E-state index in [9.17, 15) is 9.90 Å². The van der Waals surface area contributed by atoms with E-state index >= 15 is 0 Å². The highest BCUT2D eigenvalue weighted by Crippen LogP contribution is 2.41. The Morgan fingerprint density at radius 2 is 1.43 bits per heavy atom. The normalized spacial score (nSPS) is 11.6. The summed E-state index contributed by atoms with van der Waals surface area (Å²) in [4.78, 5) is 11.6. The van der Waals surface area contributed by atoms with E-state index in [0.29, 0.717) is 11.1 Å². The Balaban J connectivity index is 2.43. The molecule has 4 heteroatoms. The molecule has 0 atom stereocenters. The van der Waals surface area contributed by atoms with E-state index in [1.54, 1.807) is 0 Å². The lowest BCUT2D eigenvalue weighted by Crippen LogP contribution is -2.07. The molecule has 0 spiro atoms. The summed E-state index contributed by atoms with van der Waals surface area (Å²) in [6.07, 6.45) is 0. The van der Waals surface area contributed by atoms with Crippen molar-refractivity contribution in [2.75, 3.05) is 11.5 Å². The van der Waals surface area contributed by atoms with Gasteiger partial charge in [0.1, 0.15) is 0 Å². The van der Waals surface area contributed by atoms with E-state index < -0.39 is 5.97 Å². The lowest BCUT2D eigenvalue weighted by atomic mass is 9.90. The van der Waals surface area contributed by atoms with Crippen LogP contribution in [-0.4, -0.2) is 11.1 Å². The Hall–Kier alpha value is -3.01. The fourth-order valence-electron chi connectivity index (χ4n) is 3.17. The van der Waals surface area contributed by atoms with Gasteiger partial charge >= 0.3 is 5.97 Å². The first-order valence-electron chi connectivity index (χ1n) is 6.57. The van der Waals surface area contributed by atoms with Crippen molar-refractivity contribution in [3.8, 4) is 0 Å². The van der Waals surface area contributed by atoms with Crippen LogP contribution < -0.4 is 11.5 Å². The van der Waals surface area contributed by atoms with Crippen LogP contribution in [0.15, 0.2) is 42.5 Å². The van der Waals surface area contributed by atoms with Crippen LogP contribution >= 0.6 is 0 Å². The molecule has 0 saturated carbocycles. The van der Waals surface area contributed by atoms with Crippen molar-refractivity contribution >= 4 is 49.7 Å². The first-order chi connectivity index (χ1) is 10.1. The summed E-state index contributed by atoms with van der Waals surface area (Å²) in [5.41, 5.74) is 12.6.